The number of ketones is 1. The lowest BCUT2D eigenvalue weighted by Gasteiger charge is -2.09. The maximum atomic E-state index is 12.3. The van der Waals surface area contributed by atoms with E-state index in [9.17, 15) is 14.7 Å². The number of phenols is 1. The molecule has 0 aromatic heterocycles. The largest absolute Gasteiger partial charge is 0.506 e. The van der Waals surface area contributed by atoms with Crippen molar-refractivity contribution >= 4 is 40.6 Å². The Kier molecular flexibility index (Phi) is 6.06. The van der Waals surface area contributed by atoms with Crippen LogP contribution in [0.3, 0.4) is 0 Å². The zero-order valence-electron chi connectivity index (χ0n) is 12.8. The number of amides is 1. The van der Waals surface area contributed by atoms with Gasteiger partial charge in [0.25, 0.3) is 0 Å². The molecule has 0 aliphatic heterocycles. The van der Waals surface area contributed by atoms with Crippen molar-refractivity contribution in [3.8, 4) is 11.5 Å². The van der Waals surface area contributed by atoms with Crippen LogP contribution in [0.4, 0.5) is 5.69 Å². The maximum Gasteiger partial charge on any atom is 0.224 e. The van der Waals surface area contributed by atoms with Gasteiger partial charge in [0.1, 0.15) is 11.5 Å². The molecule has 7 heteroatoms. The van der Waals surface area contributed by atoms with Crippen molar-refractivity contribution < 1.29 is 19.4 Å². The number of ether oxygens (including phenoxy) is 1. The number of carbonyl (C=O) groups is 2. The predicted octanol–water partition coefficient (Wildman–Crippen LogP) is 4.31. The Hall–Kier alpha value is -2.24. The zero-order valence-corrected chi connectivity index (χ0v) is 14.3. The minimum atomic E-state index is -0.415. The molecule has 2 rings (SSSR count). The van der Waals surface area contributed by atoms with Crippen molar-refractivity contribution in [2.75, 3.05) is 12.4 Å². The summed E-state index contributed by atoms with van der Waals surface area (Å²) >= 11 is 11.7. The van der Waals surface area contributed by atoms with Gasteiger partial charge in [0.2, 0.25) is 5.91 Å². The monoisotopic (exact) mass is 367 g/mol. The summed E-state index contributed by atoms with van der Waals surface area (Å²) in [5, 5.41) is 13.0. The van der Waals surface area contributed by atoms with Crippen molar-refractivity contribution in [1.82, 2.24) is 0 Å². The van der Waals surface area contributed by atoms with Gasteiger partial charge >= 0.3 is 0 Å². The number of hydrogen-bond acceptors (Lipinski definition) is 4. The number of phenolic OH excluding ortho intramolecular Hbond substituents is 1. The SMILES string of the molecule is COc1ccc(Cl)cc1C(=O)CCC(=O)Nc1cc(Cl)ccc1O. The van der Waals surface area contributed by atoms with Crippen molar-refractivity contribution in [3.05, 3.63) is 52.0 Å². The molecule has 5 nitrogen and oxygen atoms in total. The Balaban J connectivity index is 2.00. The first-order chi connectivity index (χ1) is 11.4. The summed E-state index contributed by atoms with van der Waals surface area (Å²) in [7, 11) is 1.45. The van der Waals surface area contributed by atoms with E-state index in [0.717, 1.165) is 0 Å². The molecule has 0 radical (unpaired) electrons. The van der Waals surface area contributed by atoms with Crippen LogP contribution in [0.15, 0.2) is 36.4 Å². The molecule has 0 atom stereocenters. The van der Waals surface area contributed by atoms with Crippen LogP contribution in [0, 0.1) is 0 Å². The average Bonchev–Trinajstić information content (AvgIpc) is 2.56. The van der Waals surface area contributed by atoms with Gasteiger partial charge in [0.15, 0.2) is 5.78 Å². The van der Waals surface area contributed by atoms with Gasteiger partial charge in [-0.05, 0) is 36.4 Å². The van der Waals surface area contributed by atoms with Crippen molar-refractivity contribution in [2.45, 2.75) is 12.8 Å². The molecule has 1 amide bonds. The predicted molar refractivity (Wildman–Crippen MR) is 93.3 cm³/mol. The molecule has 0 unspecified atom stereocenters. The third-order valence-corrected chi connectivity index (χ3v) is 3.74. The van der Waals surface area contributed by atoms with Gasteiger partial charge in [0, 0.05) is 22.9 Å². The smallest absolute Gasteiger partial charge is 0.224 e. The molecule has 0 saturated heterocycles. The summed E-state index contributed by atoms with van der Waals surface area (Å²) in [6.45, 7) is 0. The molecule has 2 aromatic rings. The van der Waals surface area contributed by atoms with Gasteiger partial charge in [-0.3, -0.25) is 9.59 Å². The number of halogens is 2. The minimum absolute atomic E-state index is 0.0239. The molecule has 0 spiro atoms. The number of aromatic hydroxyl groups is 1. The Morgan fingerprint density at radius 2 is 1.75 bits per heavy atom. The number of Topliss-reactive ketones (excluding diaryl/α,β-unsaturated/α-hetero) is 1. The highest BCUT2D eigenvalue weighted by Crippen LogP contribution is 2.27. The molecule has 0 bridgehead atoms. The standard InChI is InChI=1S/C17H15Cl2NO4/c1-24-16-6-3-10(18)8-12(16)14(21)5-7-17(23)20-13-9-11(19)2-4-15(13)22/h2-4,6,8-9,22H,5,7H2,1H3,(H,20,23). The summed E-state index contributed by atoms with van der Waals surface area (Å²) in [5.74, 6) is -0.380. The van der Waals surface area contributed by atoms with E-state index in [4.69, 9.17) is 27.9 Å². The first-order valence-electron chi connectivity index (χ1n) is 7.06. The number of carbonyl (C=O) groups excluding carboxylic acids is 2. The minimum Gasteiger partial charge on any atom is -0.506 e. The van der Waals surface area contributed by atoms with Gasteiger partial charge in [-0.25, -0.2) is 0 Å². The van der Waals surface area contributed by atoms with Crippen molar-refractivity contribution in [1.29, 1.82) is 0 Å². The molecule has 0 heterocycles. The molecule has 0 fully saturated rings. The van der Waals surface area contributed by atoms with E-state index < -0.39 is 5.91 Å². The highest BCUT2D eigenvalue weighted by molar-refractivity contribution is 6.31. The van der Waals surface area contributed by atoms with Gasteiger partial charge in [-0.15, -0.1) is 0 Å². The number of methoxy groups -OCH3 is 1. The van der Waals surface area contributed by atoms with Gasteiger partial charge in [-0.1, -0.05) is 23.2 Å². The highest BCUT2D eigenvalue weighted by atomic mass is 35.5. The molecular formula is C17H15Cl2NO4. The maximum absolute atomic E-state index is 12.3. The lowest BCUT2D eigenvalue weighted by atomic mass is 10.1. The van der Waals surface area contributed by atoms with Crippen LogP contribution in [0.1, 0.15) is 23.2 Å². The fourth-order valence-corrected chi connectivity index (χ4v) is 2.43. The molecule has 0 aliphatic rings. The molecule has 126 valence electrons. The third-order valence-electron chi connectivity index (χ3n) is 3.27. The van der Waals surface area contributed by atoms with E-state index in [0.29, 0.717) is 21.4 Å². The van der Waals surface area contributed by atoms with E-state index in [1.807, 2.05) is 0 Å². The van der Waals surface area contributed by atoms with Crippen LogP contribution in [-0.2, 0) is 4.79 Å². The van der Waals surface area contributed by atoms with Crippen LogP contribution in [0.25, 0.3) is 0 Å². The average molecular weight is 368 g/mol. The topological polar surface area (TPSA) is 75.6 Å². The van der Waals surface area contributed by atoms with Gasteiger partial charge in [0.05, 0.1) is 18.4 Å². The van der Waals surface area contributed by atoms with Crippen LogP contribution < -0.4 is 10.1 Å². The quantitative estimate of drug-likeness (QED) is 0.589. The van der Waals surface area contributed by atoms with Crippen LogP contribution >= 0.6 is 23.2 Å². The summed E-state index contributed by atoms with van der Waals surface area (Å²) in [4.78, 5) is 24.2. The Morgan fingerprint density at radius 3 is 2.46 bits per heavy atom. The first-order valence-corrected chi connectivity index (χ1v) is 7.81. The molecule has 0 aliphatic carbocycles. The lowest BCUT2D eigenvalue weighted by Crippen LogP contribution is -2.14. The second-order valence-electron chi connectivity index (χ2n) is 4.98. The van der Waals surface area contributed by atoms with Crippen molar-refractivity contribution in [3.63, 3.8) is 0 Å². The number of nitrogens with one attached hydrogen (secondary N) is 1. The number of hydrogen-bond donors (Lipinski definition) is 2. The second-order valence-corrected chi connectivity index (χ2v) is 5.85. The third kappa shape index (κ3) is 4.63. The fourth-order valence-electron chi connectivity index (χ4n) is 2.08. The van der Waals surface area contributed by atoms with E-state index >= 15 is 0 Å². The summed E-state index contributed by atoms with van der Waals surface area (Å²) in [6, 6.07) is 9.02. The fraction of sp³-hybridized carbons (Fsp3) is 0.176. The second kappa shape index (κ2) is 8.04. The lowest BCUT2D eigenvalue weighted by molar-refractivity contribution is -0.116. The number of rotatable bonds is 6. The highest BCUT2D eigenvalue weighted by Gasteiger charge is 2.15. The van der Waals surface area contributed by atoms with Gasteiger partial charge in [-0.2, -0.15) is 0 Å². The summed E-state index contributed by atoms with van der Waals surface area (Å²) in [6.07, 6.45) is -0.0791. The molecule has 24 heavy (non-hydrogen) atoms. The zero-order chi connectivity index (χ0) is 17.7. The van der Waals surface area contributed by atoms with Crippen LogP contribution in [0.2, 0.25) is 10.0 Å². The van der Waals surface area contributed by atoms with Gasteiger partial charge < -0.3 is 15.2 Å². The van der Waals surface area contributed by atoms with E-state index in [2.05, 4.69) is 5.32 Å². The van der Waals surface area contributed by atoms with Crippen molar-refractivity contribution in [2.24, 2.45) is 0 Å². The van der Waals surface area contributed by atoms with E-state index in [1.54, 1.807) is 12.1 Å². The Bertz CT molecular complexity index is 777. The molecule has 2 aromatic carbocycles. The van der Waals surface area contributed by atoms with Crippen LogP contribution in [-0.4, -0.2) is 23.9 Å². The number of anilines is 1. The van der Waals surface area contributed by atoms with E-state index in [1.165, 1.54) is 31.4 Å². The molecule has 2 N–H and O–H groups in total. The first kappa shape index (κ1) is 18.1. The van der Waals surface area contributed by atoms with Crippen LogP contribution in [0.5, 0.6) is 11.5 Å². The Morgan fingerprint density at radius 1 is 1.08 bits per heavy atom. The normalized spacial score (nSPS) is 10.3. The van der Waals surface area contributed by atoms with E-state index in [-0.39, 0.29) is 30.1 Å². The summed E-state index contributed by atoms with van der Waals surface area (Å²) < 4.78 is 5.13. The number of benzene rings is 2. The molecular weight excluding hydrogens is 353 g/mol. The Labute approximate surface area is 149 Å². The summed E-state index contributed by atoms with van der Waals surface area (Å²) in [5.41, 5.74) is 0.517. The molecule has 0 saturated carbocycles.